The number of aliphatic carboxylic acids is 1. The van der Waals surface area contributed by atoms with Crippen LogP contribution in [0.25, 0.3) is 0 Å². The molecule has 4 heteroatoms. The Morgan fingerprint density at radius 2 is 0.600 bits per heavy atom. The summed E-state index contributed by atoms with van der Waals surface area (Å²) in [5.41, 5.74) is 0. The lowest BCUT2D eigenvalue weighted by molar-refractivity contribution is -0.150. The van der Waals surface area contributed by atoms with Crippen LogP contribution in [0.4, 0.5) is 0 Å². The van der Waals surface area contributed by atoms with Crippen LogP contribution in [-0.4, -0.2) is 23.1 Å². The van der Waals surface area contributed by atoms with Crippen molar-refractivity contribution in [2.24, 2.45) is 0 Å². The Bertz CT molecular complexity index is 677. The van der Waals surface area contributed by atoms with Gasteiger partial charge in [0, 0.05) is 12.8 Å². The molecule has 0 amide bonds. The van der Waals surface area contributed by atoms with E-state index < -0.39 is 5.97 Å². The molecule has 0 fully saturated rings. The van der Waals surface area contributed by atoms with Crippen molar-refractivity contribution in [3.05, 3.63) is 0 Å². The number of carboxylic acids is 1. The summed E-state index contributed by atoms with van der Waals surface area (Å²) in [6.45, 7) is 4.58. The van der Waals surface area contributed by atoms with Gasteiger partial charge in [0.15, 0.2) is 0 Å². The molecule has 0 rings (SSSR count). The molecule has 0 aromatic carbocycles. The van der Waals surface area contributed by atoms with Gasteiger partial charge in [-0.05, 0) is 38.5 Å². The van der Waals surface area contributed by atoms with E-state index in [9.17, 15) is 9.59 Å². The summed E-state index contributed by atoms with van der Waals surface area (Å²) in [5, 5.41) is 8.88. The van der Waals surface area contributed by atoms with E-state index in [2.05, 4.69) is 13.8 Å². The Kier molecular flexibility index (Phi) is 41.5. The van der Waals surface area contributed by atoms with Crippen LogP contribution in [-0.2, 0) is 14.3 Å². The molecule has 0 aliphatic heterocycles. The van der Waals surface area contributed by atoms with Gasteiger partial charge in [-0.25, -0.2) is 0 Å². The number of hydrogen-bond acceptors (Lipinski definition) is 3. The number of ether oxygens (including phenoxy) is 1. The number of carbonyl (C=O) groups excluding carboxylic acids is 1. The van der Waals surface area contributed by atoms with Crippen molar-refractivity contribution in [3.8, 4) is 0 Å². The summed E-state index contributed by atoms with van der Waals surface area (Å²) >= 11 is 0. The van der Waals surface area contributed by atoms with E-state index in [1.807, 2.05) is 0 Å². The highest BCUT2D eigenvalue weighted by Gasteiger charge is 2.14. The Labute approximate surface area is 313 Å². The van der Waals surface area contributed by atoms with Crippen molar-refractivity contribution in [1.82, 2.24) is 0 Å². The molecule has 0 aliphatic carbocycles. The summed E-state index contributed by atoms with van der Waals surface area (Å²) in [6.07, 6.45) is 51.4. The Balaban J connectivity index is 3.86. The van der Waals surface area contributed by atoms with Gasteiger partial charge in [-0.15, -0.1) is 0 Å². The lowest BCUT2D eigenvalue weighted by Gasteiger charge is -2.18. The fourth-order valence-electron chi connectivity index (χ4n) is 7.42. The Morgan fingerprint density at radius 1 is 0.360 bits per heavy atom. The second-order valence-electron chi connectivity index (χ2n) is 16.0. The number of rotatable bonds is 43. The van der Waals surface area contributed by atoms with Gasteiger partial charge in [0.2, 0.25) is 0 Å². The average Bonchev–Trinajstić information content (AvgIpc) is 3.10. The molecule has 298 valence electrons. The maximum atomic E-state index is 12.7. The third kappa shape index (κ3) is 41.4. The van der Waals surface area contributed by atoms with Gasteiger partial charge in [0.1, 0.15) is 6.10 Å². The topological polar surface area (TPSA) is 63.6 Å². The van der Waals surface area contributed by atoms with Gasteiger partial charge in [-0.1, -0.05) is 226 Å². The van der Waals surface area contributed by atoms with Crippen molar-refractivity contribution in [2.45, 2.75) is 283 Å². The Hall–Kier alpha value is -1.06. The van der Waals surface area contributed by atoms with Gasteiger partial charge >= 0.3 is 11.9 Å². The van der Waals surface area contributed by atoms with Crippen LogP contribution in [0.5, 0.6) is 0 Å². The molecule has 0 aliphatic rings. The van der Waals surface area contributed by atoms with E-state index in [0.29, 0.717) is 6.42 Å². The summed E-state index contributed by atoms with van der Waals surface area (Å²) in [6, 6.07) is 0. The highest BCUT2D eigenvalue weighted by atomic mass is 16.5. The maximum absolute atomic E-state index is 12.7. The standard InChI is InChI=1S/C46H90O4/c1-3-5-7-9-11-13-15-17-19-20-21-22-23-25-27-29-31-33-39-43-46(49)50-44(41-37-34-35-38-42-45(47)48)40-36-32-30-28-26-24-18-16-14-12-10-8-6-4-2/h44H,3-43H2,1-2H3,(H,47,48). The number of esters is 1. The first-order chi connectivity index (χ1) is 24.6. The minimum Gasteiger partial charge on any atom is -0.481 e. The van der Waals surface area contributed by atoms with Gasteiger partial charge in [-0.2, -0.15) is 0 Å². The molecule has 50 heavy (non-hydrogen) atoms. The zero-order valence-electron chi connectivity index (χ0n) is 34.2. The number of carboxylic acid groups (broad SMARTS) is 1. The van der Waals surface area contributed by atoms with Gasteiger partial charge in [0.05, 0.1) is 0 Å². The van der Waals surface area contributed by atoms with Crippen LogP contribution in [0.1, 0.15) is 277 Å². The minimum absolute atomic E-state index is 0.00165. The van der Waals surface area contributed by atoms with Crippen molar-refractivity contribution in [3.63, 3.8) is 0 Å². The lowest BCUT2D eigenvalue weighted by Crippen LogP contribution is -2.18. The average molecular weight is 707 g/mol. The molecule has 0 aromatic heterocycles. The van der Waals surface area contributed by atoms with Crippen molar-refractivity contribution in [2.75, 3.05) is 0 Å². The van der Waals surface area contributed by atoms with Crippen LogP contribution in [0, 0.1) is 0 Å². The quantitative estimate of drug-likeness (QED) is 0.0506. The third-order valence-corrected chi connectivity index (χ3v) is 10.8. The second-order valence-corrected chi connectivity index (χ2v) is 16.0. The zero-order chi connectivity index (χ0) is 36.4. The first kappa shape index (κ1) is 48.9. The normalized spacial score (nSPS) is 12.0. The van der Waals surface area contributed by atoms with Crippen LogP contribution in [0.2, 0.25) is 0 Å². The predicted molar refractivity (Wildman–Crippen MR) is 218 cm³/mol. The SMILES string of the molecule is CCCCCCCCCCCCCCCCCCCCCC(=O)OC(CCCCCCCCCCCCCCCC)CCCCCCC(=O)O. The molecule has 0 heterocycles. The summed E-state index contributed by atoms with van der Waals surface area (Å²) < 4.78 is 6.01. The van der Waals surface area contributed by atoms with Gasteiger partial charge in [0.25, 0.3) is 0 Å². The van der Waals surface area contributed by atoms with E-state index in [1.165, 1.54) is 193 Å². The molecule has 1 unspecified atom stereocenters. The first-order valence-electron chi connectivity index (χ1n) is 23.0. The van der Waals surface area contributed by atoms with E-state index in [0.717, 1.165) is 57.8 Å². The van der Waals surface area contributed by atoms with Crippen LogP contribution < -0.4 is 0 Å². The fourth-order valence-corrected chi connectivity index (χ4v) is 7.42. The zero-order valence-corrected chi connectivity index (χ0v) is 34.2. The van der Waals surface area contributed by atoms with Crippen LogP contribution in [0.15, 0.2) is 0 Å². The summed E-state index contributed by atoms with van der Waals surface area (Å²) in [5.74, 6) is -0.706. The molecule has 0 radical (unpaired) electrons. The van der Waals surface area contributed by atoms with Gasteiger partial charge in [-0.3, -0.25) is 9.59 Å². The second kappa shape index (κ2) is 42.4. The minimum atomic E-state index is -0.704. The maximum Gasteiger partial charge on any atom is 0.306 e. The molecule has 0 spiro atoms. The molecule has 0 aromatic rings. The predicted octanol–water partition coefficient (Wildman–Crippen LogP) is 16.0. The molecule has 0 saturated carbocycles. The monoisotopic (exact) mass is 707 g/mol. The van der Waals surface area contributed by atoms with Crippen LogP contribution in [0.3, 0.4) is 0 Å². The van der Waals surface area contributed by atoms with Crippen molar-refractivity contribution >= 4 is 11.9 Å². The molecular weight excluding hydrogens is 617 g/mol. The molecule has 1 N–H and O–H groups in total. The largest absolute Gasteiger partial charge is 0.481 e. The number of unbranched alkanes of at least 4 members (excludes halogenated alkanes) is 34. The molecule has 0 bridgehead atoms. The van der Waals surface area contributed by atoms with Gasteiger partial charge < -0.3 is 9.84 Å². The smallest absolute Gasteiger partial charge is 0.306 e. The number of hydrogen-bond donors (Lipinski definition) is 1. The van der Waals surface area contributed by atoms with E-state index in [4.69, 9.17) is 9.84 Å². The molecule has 1 atom stereocenters. The first-order valence-corrected chi connectivity index (χ1v) is 23.0. The molecule has 0 saturated heterocycles. The van der Waals surface area contributed by atoms with E-state index >= 15 is 0 Å². The highest BCUT2D eigenvalue weighted by molar-refractivity contribution is 5.69. The van der Waals surface area contributed by atoms with E-state index in [1.54, 1.807) is 0 Å². The van der Waals surface area contributed by atoms with E-state index in [-0.39, 0.29) is 18.5 Å². The van der Waals surface area contributed by atoms with Crippen molar-refractivity contribution in [1.29, 1.82) is 0 Å². The Morgan fingerprint density at radius 3 is 0.880 bits per heavy atom. The third-order valence-electron chi connectivity index (χ3n) is 10.8. The number of carbonyl (C=O) groups is 2. The molecular formula is C46H90O4. The summed E-state index contributed by atoms with van der Waals surface area (Å²) in [7, 11) is 0. The summed E-state index contributed by atoms with van der Waals surface area (Å²) in [4.78, 5) is 23.5. The fraction of sp³-hybridized carbons (Fsp3) is 0.957. The van der Waals surface area contributed by atoms with Crippen LogP contribution >= 0.6 is 0 Å². The lowest BCUT2D eigenvalue weighted by atomic mass is 10.0. The van der Waals surface area contributed by atoms with Crippen molar-refractivity contribution < 1.29 is 19.4 Å². The highest BCUT2D eigenvalue weighted by Crippen LogP contribution is 2.20. The molecule has 4 nitrogen and oxygen atoms in total.